The second kappa shape index (κ2) is 9.17. The molecule has 0 spiro atoms. The number of amides is 3. The second-order valence-corrected chi connectivity index (χ2v) is 6.99. The van der Waals surface area contributed by atoms with Gasteiger partial charge < -0.3 is 14.8 Å². The summed E-state index contributed by atoms with van der Waals surface area (Å²) in [5, 5.41) is 10.7. The number of carbonyl (C=O) groups is 4. The molecule has 0 aromatic heterocycles. The van der Waals surface area contributed by atoms with Gasteiger partial charge in [0, 0.05) is 12.6 Å². The summed E-state index contributed by atoms with van der Waals surface area (Å²) in [7, 11) is 0. The number of hydrogen-bond acceptors (Lipinski definition) is 5. The van der Waals surface area contributed by atoms with Gasteiger partial charge in [-0.05, 0) is 36.6 Å². The van der Waals surface area contributed by atoms with E-state index in [2.05, 4.69) is 0 Å². The third-order valence-corrected chi connectivity index (χ3v) is 4.98. The van der Waals surface area contributed by atoms with Crippen LogP contribution in [0.2, 0.25) is 0 Å². The zero-order valence-electron chi connectivity index (χ0n) is 16.5. The number of aliphatic carboxylic acids is 1. The number of hydrogen-bond donors (Lipinski definition) is 0. The van der Waals surface area contributed by atoms with Crippen LogP contribution in [0.4, 0.5) is 5.69 Å². The van der Waals surface area contributed by atoms with Crippen LogP contribution in [0.5, 0.6) is 0 Å². The largest absolute Gasteiger partial charge is 0.545 e. The van der Waals surface area contributed by atoms with Crippen LogP contribution in [0.1, 0.15) is 17.5 Å². The van der Waals surface area contributed by atoms with Crippen LogP contribution in [0.15, 0.2) is 66.7 Å². The fourth-order valence-corrected chi connectivity index (χ4v) is 3.48. The van der Waals surface area contributed by atoms with E-state index in [0.29, 0.717) is 18.2 Å². The highest BCUT2D eigenvalue weighted by Gasteiger charge is 2.44. The molecule has 3 rings (SSSR count). The number of carboxylic acid groups (broad SMARTS) is 1. The highest BCUT2D eigenvalue weighted by Crippen LogP contribution is 2.28. The van der Waals surface area contributed by atoms with Crippen molar-refractivity contribution in [2.24, 2.45) is 0 Å². The molecule has 1 fully saturated rings. The van der Waals surface area contributed by atoms with Crippen molar-refractivity contribution in [1.82, 2.24) is 4.90 Å². The molecule has 0 saturated carbocycles. The smallest absolute Gasteiger partial charge is 0.257 e. The van der Waals surface area contributed by atoms with Gasteiger partial charge >= 0.3 is 0 Å². The third kappa shape index (κ3) is 4.63. The Kier molecular flexibility index (Phi) is 6.41. The molecule has 30 heavy (non-hydrogen) atoms. The fourth-order valence-electron chi connectivity index (χ4n) is 3.48. The van der Waals surface area contributed by atoms with E-state index in [1.807, 2.05) is 36.4 Å². The van der Waals surface area contributed by atoms with E-state index in [9.17, 15) is 24.3 Å². The molecule has 7 nitrogen and oxygen atoms in total. The summed E-state index contributed by atoms with van der Waals surface area (Å²) < 4.78 is 0. The Morgan fingerprint density at radius 2 is 1.73 bits per heavy atom. The highest BCUT2D eigenvalue weighted by atomic mass is 16.4. The maximum atomic E-state index is 13.1. The minimum Gasteiger partial charge on any atom is -0.545 e. The Morgan fingerprint density at radius 1 is 1.07 bits per heavy atom. The number of nitrogens with zero attached hydrogens (tertiary/aromatic N) is 2. The first kappa shape index (κ1) is 21.0. The Hall–Kier alpha value is -3.74. The molecule has 1 aliphatic rings. The number of imide groups is 1. The molecule has 1 atom stereocenters. The van der Waals surface area contributed by atoms with E-state index in [-0.39, 0.29) is 13.0 Å². The van der Waals surface area contributed by atoms with E-state index < -0.39 is 29.7 Å². The number of benzene rings is 2. The first-order chi connectivity index (χ1) is 14.4. The SMILES string of the molecule is Cc1ccccc1N1C(=O)C[C@@H](N(CCc2ccccc2)C(=O)/C=C/C(=O)[O-])C1=O. The summed E-state index contributed by atoms with van der Waals surface area (Å²) in [5.41, 5.74) is 2.20. The van der Waals surface area contributed by atoms with Crippen LogP contribution >= 0.6 is 0 Å². The normalized spacial score (nSPS) is 16.3. The molecule has 0 N–H and O–H groups in total. The van der Waals surface area contributed by atoms with Crippen molar-refractivity contribution in [1.29, 1.82) is 0 Å². The van der Waals surface area contributed by atoms with Gasteiger partial charge in [0.1, 0.15) is 6.04 Å². The van der Waals surface area contributed by atoms with Gasteiger partial charge in [-0.3, -0.25) is 14.4 Å². The Labute approximate surface area is 174 Å². The standard InChI is InChI=1S/C23H22N2O5/c1-16-7-5-6-10-18(16)25-21(27)15-19(23(25)30)24(20(26)11-12-22(28)29)14-13-17-8-3-2-4-9-17/h2-12,19H,13-15H2,1H3,(H,28,29)/p-1/b12-11+/t19-/m1/s1. The molecule has 2 aromatic carbocycles. The molecule has 3 amide bonds. The topological polar surface area (TPSA) is 97.8 Å². The summed E-state index contributed by atoms with van der Waals surface area (Å²) in [5.74, 6) is -3.08. The number of carboxylic acids is 1. The van der Waals surface area contributed by atoms with Crippen molar-refractivity contribution < 1.29 is 24.3 Å². The zero-order valence-corrected chi connectivity index (χ0v) is 16.5. The number of anilines is 1. The highest BCUT2D eigenvalue weighted by molar-refractivity contribution is 6.23. The zero-order chi connectivity index (χ0) is 21.7. The summed E-state index contributed by atoms with van der Waals surface area (Å²) >= 11 is 0. The molecule has 2 aromatic rings. The second-order valence-electron chi connectivity index (χ2n) is 6.99. The summed E-state index contributed by atoms with van der Waals surface area (Å²) in [6, 6.07) is 15.4. The fraction of sp³-hybridized carbons (Fsp3) is 0.217. The molecule has 0 aliphatic carbocycles. The minimum absolute atomic E-state index is 0.158. The van der Waals surface area contributed by atoms with Crippen molar-refractivity contribution >= 4 is 29.4 Å². The monoisotopic (exact) mass is 405 g/mol. The van der Waals surface area contributed by atoms with Gasteiger partial charge in [-0.1, -0.05) is 48.5 Å². The first-order valence-corrected chi connectivity index (χ1v) is 9.54. The van der Waals surface area contributed by atoms with Crippen molar-refractivity contribution in [2.45, 2.75) is 25.8 Å². The van der Waals surface area contributed by atoms with E-state index in [0.717, 1.165) is 22.1 Å². The van der Waals surface area contributed by atoms with Crippen molar-refractivity contribution in [2.75, 3.05) is 11.4 Å². The first-order valence-electron chi connectivity index (χ1n) is 9.54. The van der Waals surface area contributed by atoms with Gasteiger partial charge in [-0.15, -0.1) is 0 Å². The van der Waals surface area contributed by atoms with Gasteiger partial charge in [-0.25, -0.2) is 4.90 Å². The molecular weight excluding hydrogens is 384 g/mol. The van der Waals surface area contributed by atoms with E-state index >= 15 is 0 Å². The van der Waals surface area contributed by atoms with Crippen LogP contribution in [0.3, 0.4) is 0 Å². The molecule has 1 heterocycles. The lowest BCUT2D eigenvalue weighted by atomic mass is 10.1. The van der Waals surface area contributed by atoms with Crippen molar-refractivity contribution in [3.63, 3.8) is 0 Å². The quantitative estimate of drug-likeness (QED) is 0.506. The molecule has 7 heteroatoms. The predicted octanol–water partition coefficient (Wildman–Crippen LogP) is 1.00. The van der Waals surface area contributed by atoms with E-state index in [1.165, 1.54) is 4.90 Å². The van der Waals surface area contributed by atoms with Gasteiger partial charge in [0.15, 0.2) is 0 Å². The molecule has 0 radical (unpaired) electrons. The van der Waals surface area contributed by atoms with Crippen LogP contribution in [-0.4, -0.2) is 41.2 Å². The van der Waals surface area contributed by atoms with Crippen molar-refractivity contribution in [3.05, 3.63) is 77.9 Å². The van der Waals surface area contributed by atoms with Crippen molar-refractivity contribution in [3.8, 4) is 0 Å². The maximum absolute atomic E-state index is 13.1. The lowest BCUT2D eigenvalue weighted by molar-refractivity contribution is -0.297. The molecule has 1 saturated heterocycles. The lowest BCUT2D eigenvalue weighted by Gasteiger charge is -2.27. The van der Waals surface area contributed by atoms with Crippen LogP contribution in [0.25, 0.3) is 0 Å². The Morgan fingerprint density at radius 3 is 2.40 bits per heavy atom. The number of carbonyl (C=O) groups excluding carboxylic acids is 4. The summed E-state index contributed by atoms with van der Waals surface area (Å²) in [6.45, 7) is 1.95. The predicted molar refractivity (Wildman–Crippen MR) is 108 cm³/mol. The minimum atomic E-state index is -1.51. The lowest BCUT2D eigenvalue weighted by Crippen LogP contribution is -2.46. The van der Waals surface area contributed by atoms with E-state index in [4.69, 9.17) is 0 Å². The Balaban J connectivity index is 1.87. The average Bonchev–Trinajstić information content (AvgIpc) is 3.02. The number of aryl methyl sites for hydroxylation is 1. The van der Waals surface area contributed by atoms with Crippen LogP contribution in [-0.2, 0) is 25.6 Å². The summed E-state index contributed by atoms with van der Waals surface area (Å²) in [6.07, 6.45) is 1.77. The van der Waals surface area contributed by atoms with Gasteiger partial charge in [0.2, 0.25) is 11.8 Å². The third-order valence-electron chi connectivity index (χ3n) is 4.98. The molecular formula is C23H21N2O5-. The molecule has 154 valence electrons. The van der Waals surface area contributed by atoms with Gasteiger partial charge in [-0.2, -0.15) is 0 Å². The number of para-hydroxylation sites is 1. The van der Waals surface area contributed by atoms with Crippen LogP contribution in [0, 0.1) is 6.92 Å². The van der Waals surface area contributed by atoms with Gasteiger partial charge in [0.05, 0.1) is 18.1 Å². The summed E-state index contributed by atoms with van der Waals surface area (Å²) in [4.78, 5) is 51.5. The van der Waals surface area contributed by atoms with Crippen LogP contribution < -0.4 is 10.0 Å². The number of rotatable bonds is 7. The van der Waals surface area contributed by atoms with E-state index in [1.54, 1.807) is 25.1 Å². The maximum Gasteiger partial charge on any atom is 0.257 e. The Bertz CT molecular complexity index is 1000. The van der Waals surface area contributed by atoms with Gasteiger partial charge in [0.25, 0.3) is 5.91 Å². The molecule has 0 unspecified atom stereocenters. The molecule has 1 aliphatic heterocycles. The average molecular weight is 405 g/mol. The molecule has 0 bridgehead atoms.